The van der Waals surface area contributed by atoms with Crippen LogP contribution in [0.4, 0.5) is 26.3 Å². The maximum atomic E-state index is 13.2. The molecule has 2 rings (SSSR count). The number of rotatable bonds is 5. The normalized spacial score (nSPS) is 13.4. The number of alkyl halides is 6. The SMILES string of the molecule is Cc1nc(C(=O)NCC(C)(C)O)sc1-c1ccc(C(O)(C(F)(F)F)C(F)(F)F)c(Cl)c1Cl. The van der Waals surface area contributed by atoms with Gasteiger partial charge in [0.1, 0.15) is 0 Å². The van der Waals surface area contributed by atoms with Crippen LogP contribution in [0.5, 0.6) is 0 Å². The molecule has 14 heteroatoms. The molecule has 5 nitrogen and oxygen atoms in total. The van der Waals surface area contributed by atoms with Crippen LogP contribution in [-0.4, -0.2) is 45.6 Å². The number of nitrogens with zero attached hydrogens (tertiary/aromatic N) is 1. The van der Waals surface area contributed by atoms with Crippen molar-refractivity contribution in [2.45, 2.75) is 44.3 Å². The number of benzene rings is 1. The zero-order chi connectivity index (χ0) is 24.9. The van der Waals surface area contributed by atoms with Crippen LogP contribution in [-0.2, 0) is 5.60 Å². The molecule has 0 saturated heterocycles. The molecule has 0 saturated carbocycles. The topological polar surface area (TPSA) is 82.5 Å². The zero-order valence-corrected chi connectivity index (χ0v) is 18.9. The highest BCUT2D eigenvalue weighted by molar-refractivity contribution is 7.17. The lowest BCUT2D eigenvalue weighted by molar-refractivity contribution is -0.376. The number of thiazole rings is 1. The smallest absolute Gasteiger partial charge is 0.389 e. The quantitative estimate of drug-likeness (QED) is 0.467. The van der Waals surface area contributed by atoms with Gasteiger partial charge >= 0.3 is 12.4 Å². The van der Waals surface area contributed by atoms with Crippen molar-refractivity contribution in [3.63, 3.8) is 0 Å². The summed E-state index contributed by atoms with van der Waals surface area (Å²) >= 11 is 12.5. The van der Waals surface area contributed by atoms with Crippen molar-refractivity contribution in [2.75, 3.05) is 6.54 Å². The molecule has 0 radical (unpaired) electrons. The van der Waals surface area contributed by atoms with Crippen LogP contribution in [0.25, 0.3) is 10.4 Å². The highest BCUT2D eigenvalue weighted by atomic mass is 35.5. The van der Waals surface area contributed by atoms with Crippen molar-refractivity contribution in [2.24, 2.45) is 0 Å². The predicted octanol–water partition coefficient (Wildman–Crippen LogP) is 5.24. The van der Waals surface area contributed by atoms with Crippen LogP contribution in [0.2, 0.25) is 10.0 Å². The zero-order valence-electron chi connectivity index (χ0n) is 16.5. The van der Waals surface area contributed by atoms with Crippen molar-refractivity contribution >= 4 is 40.4 Å². The van der Waals surface area contributed by atoms with E-state index in [1.54, 1.807) is 0 Å². The summed E-state index contributed by atoms with van der Waals surface area (Å²) in [5.74, 6) is -0.658. The van der Waals surface area contributed by atoms with Crippen LogP contribution >= 0.6 is 34.5 Å². The number of halogens is 8. The molecule has 1 aromatic heterocycles. The minimum Gasteiger partial charge on any atom is -0.389 e. The Morgan fingerprint density at radius 3 is 2.06 bits per heavy atom. The molecular formula is C18H16Cl2F6N2O3S. The molecule has 1 heterocycles. The Morgan fingerprint density at radius 2 is 1.59 bits per heavy atom. The van der Waals surface area contributed by atoms with E-state index in [4.69, 9.17) is 23.2 Å². The molecule has 0 aliphatic rings. The Morgan fingerprint density at radius 1 is 1.06 bits per heavy atom. The van der Waals surface area contributed by atoms with Gasteiger partial charge in [-0.05, 0) is 20.8 Å². The number of carbonyl (C=O) groups excluding carboxylic acids is 1. The Labute approximate surface area is 192 Å². The fourth-order valence-electron chi connectivity index (χ4n) is 2.59. The van der Waals surface area contributed by atoms with Gasteiger partial charge in [0.2, 0.25) is 0 Å². The van der Waals surface area contributed by atoms with Crippen LogP contribution in [0.15, 0.2) is 12.1 Å². The molecule has 178 valence electrons. The highest BCUT2D eigenvalue weighted by Crippen LogP contribution is 2.53. The van der Waals surface area contributed by atoms with Crippen molar-refractivity contribution < 1.29 is 41.4 Å². The minimum atomic E-state index is -6.13. The second-order valence-corrected chi connectivity index (χ2v) is 9.18. The van der Waals surface area contributed by atoms with Gasteiger partial charge in [-0.3, -0.25) is 4.79 Å². The first-order valence-electron chi connectivity index (χ1n) is 8.64. The van der Waals surface area contributed by atoms with E-state index in [0.717, 1.165) is 17.4 Å². The monoisotopic (exact) mass is 524 g/mol. The van der Waals surface area contributed by atoms with Crippen molar-refractivity contribution in [3.05, 3.63) is 38.4 Å². The third-order valence-corrected chi connectivity index (χ3v) is 6.28. The molecule has 0 unspecified atom stereocenters. The Bertz CT molecular complexity index is 1020. The summed E-state index contributed by atoms with van der Waals surface area (Å²) in [5.41, 5.74) is -8.01. The first-order valence-corrected chi connectivity index (χ1v) is 10.2. The average molecular weight is 525 g/mol. The third kappa shape index (κ3) is 4.98. The van der Waals surface area contributed by atoms with Gasteiger partial charge in [0.25, 0.3) is 11.5 Å². The maximum Gasteiger partial charge on any atom is 0.430 e. The Balaban J connectivity index is 2.54. The number of aliphatic hydroxyl groups is 2. The van der Waals surface area contributed by atoms with Gasteiger partial charge in [0, 0.05) is 17.7 Å². The highest BCUT2D eigenvalue weighted by Gasteiger charge is 2.72. The van der Waals surface area contributed by atoms with E-state index in [9.17, 15) is 41.4 Å². The van der Waals surface area contributed by atoms with E-state index in [2.05, 4.69) is 10.3 Å². The molecule has 1 amide bonds. The van der Waals surface area contributed by atoms with Crippen molar-refractivity contribution in [1.82, 2.24) is 10.3 Å². The average Bonchev–Trinajstić information content (AvgIpc) is 3.00. The molecule has 32 heavy (non-hydrogen) atoms. The summed E-state index contributed by atoms with van der Waals surface area (Å²) in [6.45, 7) is 4.25. The fourth-order valence-corrected chi connectivity index (χ4v) is 4.22. The van der Waals surface area contributed by atoms with Crippen molar-refractivity contribution in [3.8, 4) is 10.4 Å². The fraction of sp³-hybridized carbons (Fsp3) is 0.444. The summed E-state index contributed by atoms with van der Waals surface area (Å²) in [4.78, 5) is 16.4. The van der Waals surface area contributed by atoms with Crippen LogP contribution in [0.3, 0.4) is 0 Å². The summed E-state index contributed by atoms with van der Waals surface area (Å²) in [5, 5.41) is 19.8. The van der Waals surface area contributed by atoms with Crippen LogP contribution in [0, 0.1) is 6.92 Å². The summed E-state index contributed by atoms with van der Waals surface area (Å²) < 4.78 is 79.2. The number of amides is 1. The van der Waals surface area contributed by atoms with E-state index in [1.165, 1.54) is 20.8 Å². The Hall–Kier alpha value is -1.60. The van der Waals surface area contributed by atoms with Gasteiger partial charge in [-0.2, -0.15) is 26.3 Å². The lowest BCUT2D eigenvalue weighted by atomic mass is 9.91. The van der Waals surface area contributed by atoms with Crippen molar-refractivity contribution in [1.29, 1.82) is 0 Å². The summed E-state index contributed by atoms with van der Waals surface area (Å²) in [6, 6.07) is 1.20. The second-order valence-electron chi connectivity index (χ2n) is 7.42. The molecule has 2 aromatic rings. The predicted molar refractivity (Wildman–Crippen MR) is 107 cm³/mol. The minimum absolute atomic E-state index is 0.0800. The Kier molecular flexibility index (Phi) is 7.19. The van der Waals surface area contributed by atoms with Gasteiger partial charge in [0.15, 0.2) is 5.01 Å². The van der Waals surface area contributed by atoms with E-state index in [1.807, 2.05) is 0 Å². The van der Waals surface area contributed by atoms with E-state index in [-0.39, 0.29) is 27.7 Å². The van der Waals surface area contributed by atoms with Gasteiger partial charge < -0.3 is 15.5 Å². The standard InChI is InChI=1S/C18H16Cl2F6N2O3S/c1-7-12(32-14(28-7)13(29)27-6-15(2,3)30)8-4-5-9(11(20)10(8)19)16(31,17(21,22)23)18(24,25)26/h4-5,30-31H,6H2,1-3H3,(H,27,29). The molecular weight excluding hydrogens is 509 g/mol. The van der Waals surface area contributed by atoms with Gasteiger partial charge in [-0.25, -0.2) is 4.98 Å². The molecule has 0 aliphatic carbocycles. The largest absolute Gasteiger partial charge is 0.430 e. The maximum absolute atomic E-state index is 13.2. The van der Waals surface area contributed by atoms with E-state index in [0.29, 0.717) is 6.07 Å². The number of aryl methyl sites for hydroxylation is 1. The van der Waals surface area contributed by atoms with Gasteiger partial charge in [0.05, 0.1) is 26.2 Å². The summed E-state index contributed by atoms with van der Waals surface area (Å²) in [7, 11) is 0. The third-order valence-electron chi connectivity index (χ3n) is 4.21. The molecule has 0 atom stereocenters. The molecule has 0 fully saturated rings. The van der Waals surface area contributed by atoms with E-state index < -0.39 is 45.1 Å². The number of aromatic nitrogens is 1. The van der Waals surface area contributed by atoms with Crippen LogP contribution in [0.1, 0.15) is 34.9 Å². The first kappa shape index (κ1) is 26.7. The van der Waals surface area contributed by atoms with E-state index >= 15 is 0 Å². The second kappa shape index (κ2) is 8.64. The van der Waals surface area contributed by atoms with Gasteiger partial charge in [-0.15, -0.1) is 11.3 Å². The van der Waals surface area contributed by atoms with Gasteiger partial charge in [-0.1, -0.05) is 35.3 Å². The number of hydrogen-bond acceptors (Lipinski definition) is 5. The molecule has 0 spiro atoms. The number of carbonyl (C=O) groups is 1. The molecule has 3 N–H and O–H groups in total. The lowest BCUT2D eigenvalue weighted by Crippen LogP contribution is -2.54. The summed E-state index contributed by atoms with van der Waals surface area (Å²) in [6.07, 6.45) is -12.3. The molecule has 0 aliphatic heterocycles. The number of nitrogens with one attached hydrogen (secondary N) is 1. The lowest BCUT2D eigenvalue weighted by Gasteiger charge is -2.33. The van der Waals surface area contributed by atoms with Crippen LogP contribution < -0.4 is 5.32 Å². The molecule has 1 aromatic carbocycles. The molecule has 0 bridgehead atoms. The number of hydrogen-bond donors (Lipinski definition) is 3. The first-order chi connectivity index (χ1) is 14.3.